The molecule has 0 saturated heterocycles. The molecule has 0 saturated carbocycles. The number of benzene rings is 7. The summed E-state index contributed by atoms with van der Waals surface area (Å²) in [5.74, 6) is 1.54. The molecule has 0 aliphatic rings. The molecule has 7 aromatic carbocycles. The Hall–Kier alpha value is -6.56. The first-order chi connectivity index (χ1) is 25.3. The van der Waals surface area contributed by atoms with Crippen LogP contribution in [-0.2, 0) is 0 Å². The Morgan fingerprint density at radius 3 is 1.90 bits per heavy atom. The van der Waals surface area contributed by atoms with Crippen LogP contribution in [0.4, 0.5) is 0 Å². The largest absolute Gasteiger partial charge is 0.309 e. The van der Waals surface area contributed by atoms with Gasteiger partial charge in [-0.2, -0.15) is 0 Å². The maximum atomic E-state index is 5.40. The lowest BCUT2D eigenvalue weighted by Crippen LogP contribution is -2.02. The highest BCUT2D eigenvalue weighted by molar-refractivity contribution is 7.25. The van der Waals surface area contributed by atoms with Gasteiger partial charge in [-0.25, -0.2) is 9.97 Å². The van der Waals surface area contributed by atoms with Crippen LogP contribution < -0.4 is 0 Å². The van der Waals surface area contributed by atoms with Gasteiger partial charge in [-0.05, 0) is 54.6 Å². The monoisotopic (exact) mass is 668 g/mol. The number of thiophene rings is 1. The van der Waals surface area contributed by atoms with Crippen LogP contribution in [-0.4, -0.2) is 19.1 Å². The summed E-state index contributed by atoms with van der Waals surface area (Å²) >= 11 is 1.82. The molecule has 4 nitrogen and oxygen atoms in total. The van der Waals surface area contributed by atoms with Gasteiger partial charge in [0.15, 0.2) is 5.82 Å². The predicted molar refractivity (Wildman–Crippen MR) is 214 cm³/mol. The number of hydrogen-bond acceptors (Lipinski definition) is 3. The van der Waals surface area contributed by atoms with Crippen molar-refractivity contribution in [2.24, 2.45) is 0 Å². The van der Waals surface area contributed by atoms with Crippen LogP contribution in [0.2, 0.25) is 0 Å². The molecule has 51 heavy (non-hydrogen) atoms. The van der Waals surface area contributed by atoms with Crippen molar-refractivity contribution in [3.8, 4) is 34.2 Å². The van der Waals surface area contributed by atoms with Gasteiger partial charge in [0, 0.05) is 64.6 Å². The topological polar surface area (TPSA) is 35.6 Å². The summed E-state index contributed by atoms with van der Waals surface area (Å²) in [7, 11) is 0. The van der Waals surface area contributed by atoms with E-state index in [1.54, 1.807) is 0 Å². The third kappa shape index (κ3) is 4.25. The van der Waals surface area contributed by atoms with Crippen LogP contribution in [0.1, 0.15) is 0 Å². The van der Waals surface area contributed by atoms with Crippen LogP contribution in [0.25, 0.3) is 97.9 Å². The quantitative estimate of drug-likeness (QED) is 0.187. The van der Waals surface area contributed by atoms with E-state index >= 15 is 0 Å². The highest BCUT2D eigenvalue weighted by atomic mass is 32.1. The van der Waals surface area contributed by atoms with Crippen molar-refractivity contribution < 1.29 is 0 Å². The molecular weight excluding hydrogens is 641 g/mol. The van der Waals surface area contributed by atoms with Crippen molar-refractivity contribution in [1.82, 2.24) is 19.1 Å². The van der Waals surface area contributed by atoms with Crippen molar-refractivity contribution in [1.29, 1.82) is 0 Å². The Bertz CT molecular complexity index is 3130. The Morgan fingerprint density at radius 1 is 0.412 bits per heavy atom. The molecule has 0 amide bonds. The van der Waals surface area contributed by atoms with Crippen LogP contribution in [0.15, 0.2) is 170 Å². The Morgan fingerprint density at radius 2 is 1.08 bits per heavy atom. The van der Waals surface area contributed by atoms with Crippen molar-refractivity contribution in [3.05, 3.63) is 170 Å². The van der Waals surface area contributed by atoms with Gasteiger partial charge in [0.25, 0.3) is 0 Å². The van der Waals surface area contributed by atoms with Gasteiger partial charge in [-0.15, -0.1) is 11.3 Å². The molecule has 11 rings (SSSR count). The van der Waals surface area contributed by atoms with Crippen LogP contribution in [0.3, 0.4) is 0 Å². The van der Waals surface area contributed by atoms with E-state index in [-0.39, 0.29) is 0 Å². The number of nitrogens with zero attached hydrogens (tertiary/aromatic N) is 4. The zero-order chi connectivity index (χ0) is 33.5. The van der Waals surface area contributed by atoms with Gasteiger partial charge in [0.2, 0.25) is 0 Å². The van der Waals surface area contributed by atoms with E-state index in [9.17, 15) is 0 Å². The van der Waals surface area contributed by atoms with E-state index in [1.807, 2.05) is 17.4 Å². The summed E-state index contributed by atoms with van der Waals surface area (Å²) in [4.78, 5) is 10.6. The lowest BCUT2D eigenvalue weighted by Gasteiger charge is -2.12. The fraction of sp³-hybridized carbons (Fsp3) is 0. The minimum absolute atomic E-state index is 0.703. The molecule has 0 fully saturated rings. The molecule has 0 radical (unpaired) electrons. The van der Waals surface area contributed by atoms with Gasteiger partial charge in [0.1, 0.15) is 5.82 Å². The standard InChI is InChI=1S/C46H28N4S/c1-3-13-29(14-4-1)37-28-43(48-46(47-37)30-23-26-42-36(27-30)33-18-9-12-22-41(33)51-42)50-39-21-11-8-19-35(39)44-40(50)25-24-34-32-17-7-10-20-38(32)49(45(34)44)31-15-5-2-6-16-31/h1-28H. The number of rotatable bonds is 4. The van der Waals surface area contributed by atoms with E-state index in [0.29, 0.717) is 5.82 Å². The third-order valence-electron chi connectivity index (χ3n) is 10.1. The lowest BCUT2D eigenvalue weighted by molar-refractivity contribution is 1.05. The highest BCUT2D eigenvalue weighted by Gasteiger charge is 2.22. The Balaban J connectivity index is 1.24. The zero-order valence-electron chi connectivity index (χ0n) is 27.4. The van der Waals surface area contributed by atoms with E-state index < -0.39 is 0 Å². The summed E-state index contributed by atoms with van der Waals surface area (Å²) in [5, 5.41) is 7.35. The molecule has 0 atom stereocenters. The zero-order valence-corrected chi connectivity index (χ0v) is 28.2. The molecule has 11 aromatic rings. The minimum Gasteiger partial charge on any atom is -0.309 e. The van der Waals surface area contributed by atoms with E-state index in [1.165, 1.54) is 52.8 Å². The normalized spacial score (nSPS) is 11.9. The first-order valence-corrected chi connectivity index (χ1v) is 18.0. The number of hydrogen-bond donors (Lipinski definition) is 0. The fourth-order valence-corrected chi connectivity index (χ4v) is 8.99. The highest BCUT2D eigenvalue weighted by Crippen LogP contribution is 2.42. The molecular formula is C46H28N4S. The maximum absolute atomic E-state index is 5.40. The molecule has 0 spiro atoms. The summed E-state index contributed by atoms with van der Waals surface area (Å²) in [5.41, 5.74) is 8.67. The van der Waals surface area contributed by atoms with Crippen LogP contribution in [0, 0.1) is 0 Å². The number of aromatic nitrogens is 4. The summed E-state index contributed by atoms with van der Waals surface area (Å²) in [6.45, 7) is 0. The van der Waals surface area contributed by atoms with E-state index in [2.05, 4.69) is 173 Å². The molecule has 0 aliphatic carbocycles. The predicted octanol–water partition coefficient (Wildman–Crippen LogP) is 12.4. The average molecular weight is 669 g/mol. The molecule has 0 unspecified atom stereocenters. The molecule has 4 aromatic heterocycles. The summed E-state index contributed by atoms with van der Waals surface area (Å²) in [6, 6.07) is 60.5. The first kappa shape index (κ1) is 28.3. The molecule has 5 heteroatoms. The average Bonchev–Trinajstić information content (AvgIpc) is 3.86. The SMILES string of the molecule is c1ccc(-c2cc(-n3c4ccccc4c4c3ccc3c5ccccc5n(-c5ccccc5)c34)nc(-c3ccc4sc5ccccc5c4c3)n2)cc1. The Kier molecular flexibility index (Phi) is 6.09. The molecule has 0 bridgehead atoms. The molecule has 238 valence electrons. The fourth-order valence-electron chi connectivity index (χ4n) is 7.90. The summed E-state index contributed by atoms with van der Waals surface area (Å²) < 4.78 is 7.30. The van der Waals surface area contributed by atoms with Crippen LogP contribution in [0.5, 0.6) is 0 Å². The van der Waals surface area contributed by atoms with Crippen molar-refractivity contribution in [2.45, 2.75) is 0 Å². The van der Waals surface area contributed by atoms with E-state index in [0.717, 1.165) is 39.4 Å². The van der Waals surface area contributed by atoms with Crippen LogP contribution >= 0.6 is 11.3 Å². The van der Waals surface area contributed by atoms with Gasteiger partial charge in [0.05, 0.1) is 27.8 Å². The molecule has 0 N–H and O–H groups in total. The van der Waals surface area contributed by atoms with E-state index in [4.69, 9.17) is 9.97 Å². The second kappa shape index (κ2) is 11.0. The van der Waals surface area contributed by atoms with Crippen molar-refractivity contribution >= 4 is 75.1 Å². The number of fused-ring (bicyclic) bond motifs is 10. The van der Waals surface area contributed by atoms with Crippen molar-refractivity contribution in [3.63, 3.8) is 0 Å². The Labute approximate surface area is 297 Å². The van der Waals surface area contributed by atoms with Gasteiger partial charge in [-0.3, -0.25) is 4.57 Å². The molecule has 0 aliphatic heterocycles. The van der Waals surface area contributed by atoms with Crippen molar-refractivity contribution in [2.75, 3.05) is 0 Å². The van der Waals surface area contributed by atoms with Gasteiger partial charge in [-0.1, -0.05) is 109 Å². The lowest BCUT2D eigenvalue weighted by atomic mass is 10.1. The molecule has 4 heterocycles. The third-order valence-corrected chi connectivity index (χ3v) is 11.3. The van der Waals surface area contributed by atoms with Gasteiger partial charge < -0.3 is 4.57 Å². The second-order valence-corrected chi connectivity index (χ2v) is 14.1. The first-order valence-electron chi connectivity index (χ1n) is 17.2. The number of para-hydroxylation sites is 3. The second-order valence-electron chi connectivity index (χ2n) is 13.0. The summed E-state index contributed by atoms with van der Waals surface area (Å²) in [6.07, 6.45) is 0. The smallest absolute Gasteiger partial charge is 0.162 e. The maximum Gasteiger partial charge on any atom is 0.162 e. The van der Waals surface area contributed by atoms with Gasteiger partial charge >= 0.3 is 0 Å². The minimum atomic E-state index is 0.703.